The topological polar surface area (TPSA) is 118 Å². The standard InChI is InChI=1S/C33H28N4O6S/c1-4-43-32(39)29-20(2)34-33-36(30(29)21-13-15-24(42-3)16-14-21)31(38)28(44-33)17-23-19-35(27-12-8-6-10-25(23)27)18-22-9-5-7-11-26(22)37(40)41/h5-17,19,30H,4,18H2,1-3H3/b28-17+. The van der Waals surface area contributed by atoms with Gasteiger partial charge in [-0.3, -0.25) is 19.5 Å². The number of allylic oxidation sites excluding steroid dienone is 1. The molecule has 0 spiro atoms. The first-order valence-electron chi connectivity index (χ1n) is 13.9. The van der Waals surface area contributed by atoms with Gasteiger partial charge in [-0.15, -0.1) is 0 Å². The zero-order valence-electron chi connectivity index (χ0n) is 24.2. The molecule has 10 nitrogen and oxygen atoms in total. The van der Waals surface area contributed by atoms with Crippen LogP contribution < -0.4 is 19.6 Å². The van der Waals surface area contributed by atoms with Gasteiger partial charge >= 0.3 is 5.97 Å². The van der Waals surface area contributed by atoms with Crippen molar-refractivity contribution in [2.45, 2.75) is 26.4 Å². The highest BCUT2D eigenvalue weighted by Gasteiger charge is 2.33. The highest BCUT2D eigenvalue weighted by atomic mass is 32.1. The Bertz CT molecular complexity index is 2140. The third-order valence-electron chi connectivity index (χ3n) is 7.58. The van der Waals surface area contributed by atoms with Crippen molar-refractivity contribution < 1.29 is 19.2 Å². The Balaban J connectivity index is 1.51. The van der Waals surface area contributed by atoms with Gasteiger partial charge < -0.3 is 14.0 Å². The molecular formula is C33H28N4O6S. The number of para-hydroxylation sites is 2. The van der Waals surface area contributed by atoms with Crippen LogP contribution in [-0.4, -0.2) is 33.7 Å². The predicted octanol–water partition coefficient (Wildman–Crippen LogP) is 4.72. The van der Waals surface area contributed by atoms with E-state index in [1.807, 2.05) is 53.2 Å². The molecule has 0 radical (unpaired) electrons. The highest BCUT2D eigenvalue weighted by molar-refractivity contribution is 7.07. The fraction of sp³-hybridized carbons (Fsp3) is 0.182. The Morgan fingerprint density at radius 3 is 2.55 bits per heavy atom. The van der Waals surface area contributed by atoms with E-state index in [1.165, 1.54) is 17.4 Å². The van der Waals surface area contributed by atoms with E-state index < -0.39 is 12.0 Å². The van der Waals surface area contributed by atoms with Crippen molar-refractivity contribution in [1.82, 2.24) is 9.13 Å². The zero-order chi connectivity index (χ0) is 31.0. The number of hydrogen-bond donors (Lipinski definition) is 0. The Morgan fingerprint density at radius 2 is 1.82 bits per heavy atom. The molecule has 1 unspecified atom stereocenters. The van der Waals surface area contributed by atoms with Crippen LogP contribution in [0.2, 0.25) is 0 Å². The molecule has 0 amide bonds. The number of fused-ring (bicyclic) bond motifs is 2. The minimum absolute atomic E-state index is 0.0476. The number of nitro benzene ring substituents is 1. The molecule has 0 saturated carbocycles. The number of benzene rings is 3. The van der Waals surface area contributed by atoms with Gasteiger partial charge in [0.05, 0.1) is 47.0 Å². The Kier molecular flexibility index (Phi) is 7.71. The molecule has 0 N–H and O–H groups in total. The highest BCUT2D eigenvalue weighted by Crippen LogP contribution is 2.32. The third kappa shape index (κ3) is 5.11. The maximum atomic E-state index is 14.1. The molecule has 1 aliphatic rings. The van der Waals surface area contributed by atoms with Crippen LogP contribution >= 0.6 is 11.3 Å². The first-order valence-corrected chi connectivity index (χ1v) is 14.8. The second-order valence-corrected chi connectivity index (χ2v) is 11.2. The fourth-order valence-corrected chi connectivity index (χ4v) is 6.60. The molecular weight excluding hydrogens is 580 g/mol. The van der Waals surface area contributed by atoms with Crippen LogP contribution in [-0.2, 0) is 16.1 Å². The molecule has 5 aromatic rings. The molecule has 1 aliphatic heterocycles. The van der Waals surface area contributed by atoms with Gasteiger partial charge in [0.2, 0.25) is 0 Å². The number of thiazole rings is 1. The Hall–Kier alpha value is -5.29. The van der Waals surface area contributed by atoms with E-state index in [4.69, 9.17) is 9.47 Å². The number of methoxy groups -OCH3 is 1. The molecule has 0 aliphatic carbocycles. The summed E-state index contributed by atoms with van der Waals surface area (Å²) in [6.07, 6.45) is 3.71. The summed E-state index contributed by atoms with van der Waals surface area (Å²) in [7, 11) is 1.57. The van der Waals surface area contributed by atoms with E-state index in [0.29, 0.717) is 31.9 Å². The van der Waals surface area contributed by atoms with Crippen molar-refractivity contribution in [2.75, 3.05) is 13.7 Å². The number of rotatable bonds is 8. The lowest BCUT2D eigenvalue weighted by Crippen LogP contribution is -2.39. The van der Waals surface area contributed by atoms with Crippen LogP contribution in [0, 0.1) is 10.1 Å². The monoisotopic (exact) mass is 608 g/mol. The van der Waals surface area contributed by atoms with E-state index in [1.54, 1.807) is 55.9 Å². The van der Waals surface area contributed by atoms with Gasteiger partial charge in [0.15, 0.2) is 4.80 Å². The molecule has 3 heterocycles. The molecule has 3 aromatic carbocycles. The van der Waals surface area contributed by atoms with Crippen LogP contribution in [0.15, 0.2) is 100 Å². The SMILES string of the molecule is CCOC(=O)C1=C(C)N=c2s/c(=C/c3cn(Cc4ccccc4[N+](=O)[O-])c4ccccc34)c(=O)n2C1c1ccc(OC)cc1. The van der Waals surface area contributed by atoms with Crippen LogP contribution in [0.4, 0.5) is 5.69 Å². The molecule has 0 bridgehead atoms. The van der Waals surface area contributed by atoms with Crippen molar-refractivity contribution in [2.24, 2.45) is 4.99 Å². The van der Waals surface area contributed by atoms with E-state index in [9.17, 15) is 19.7 Å². The first-order chi connectivity index (χ1) is 21.3. The second-order valence-electron chi connectivity index (χ2n) is 10.2. The lowest BCUT2D eigenvalue weighted by atomic mass is 9.96. The number of carbonyl (C=O) groups excluding carboxylic acids is 1. The lowest BCUT2D eigenvalue weighted by molar-refractivity contribution is -0.385. The minimum Gasteiger partial charge on any atom is -0.497 e. The van der Waals surface area contributed by atoms with E-state index in [2.05, 4.69) is 4.99 Å². The molecule has 44 heavy (non-hydrogen) atoms. The predicted molar refractivity (Wildman–Crippen MR) is 168 cm³/mol. The number of carbonyl (C=O) groups is 1. The van der Waals surface area contributed by atoms with Crippen LogP contribution in [0.25, 0.3) is 17.0 Å². The number of nitrogens with zero attached hydrogens (tertiary/aromatic N) is 4. The van der Waals surface area contributed by atoms with Gasteiger partial charge in [0.25, 0.3) is 11.2 Å². The van der Waals surface area contributed by atoms with Gasteiger partial charge in [-0.05, 0) is 43.7 Å². The maximum absolute atomic E-state index is 14.1. The average Bonchev–Trinajstić information content (AvgIpc) is 3.52. The normalized spacial score (nSPS) is 14.8. The molecule has 222 valence electrons. The van der Waals surface area contributed by atoms with E-state index in [-0.39, 0.29) is 29.3 Å². The minimum atomic E-state index is -0.738. The van der Waals surface area contributed by atoms with E-state index in [0.717, 1.165) is 22.0 Å². The van der Waals surface area contributed by atoms with Crippen molar-refractivity contribution in [3.8, 4) is 5.75 Å². The van der Waals surface area contributed by atoms with Gasteiger partial charge in [-0.2, -0.15) is 0 Å². The quantitative estimate of drug-likeness (QED) is 0.143. The van der Waals surface area contributed by atoms with Crippen LogP contribution in [0.5, 0.6) is 5.75 Å². The lowest BCUT2D eigenvalue weighted by Gasteiger charge is -2.24. The van der Waals surface area contributed by atoms with Crippen LogP contribution in [0.3, 0.4) is 0 Å². The maximum Gasteiger partial charge on any atom is 0.338 e. The molecule has 0 fully saturated rings. The average molecular weight is 609 g/mol. The zero-order valence-corrected chi connectivity index (χ0v) is 25.0. The van der Waals surface area contributed by atoms with Gasteiger partial charge in [-0.1, -0.05) is 59.9 Å². The summed E-state index contributed by atoms with van der Waals surface area (Å²) in [6, 6.07) is 20.9. The number of hydrogen-bond acceptors (Lipinski definition) is 8. The Morgan fingerprint density at radius 1 is 1.09 bits per heavy atom. The van der Waals surface area contributed by atoms with Crippen LogP contribution in [0.1, 0.15) is 36.6 Å². The van der Waals surface area contributed by atoms with Crippen molar-refractivity contribution in [3.63, 3.8) is 0 Å². The number of ether oxygens (including phenoxy) is 2. The molecule has 6 rings (SSSR count). The smallest absolute Gasteiger partial charge is 0.338 e. The summed E-state index contributed by atoms with van der Waals surface area (Å²) < 4.78 is 14.6. The molecule has 1 atom stereocenters. The van der Waals surface area contributed by atoms with Crippen molar-refractivity contribution in [1.29, 1.82) is 0 Å². The summed E-state index contributed by atoms with van der Waals surface area (Å²) in [6.45, 7) is 3.95. The summed E-state index contributed by atoms with van der Waals surface area (Å²) >= 11 is 1.24. The number of aromatic nitrogens is 2. The van der Waals surface area contributed by atoms with Gasteiger partial charge in [0, 0.05) is 34.3 Å². The second kappa shape index (κ2) is 11.8. The number of esters is 1. The summed E-state index contributed by atoms with van der Waals surface area (Å²) in [5.41, 5.74) is 3.50. The summed E-state index contributed by atoms with van der Waals surface area (Å²) in [5.74, 6) is 0.124. The molecule has 2 aromatic heterocycles. The third-order valence-corrected chi connectivity index (χ3v) is 8.57. The van der Waals surface area contributed by atoms with E-state index >= 15 is 0 Å². The Labute approximate surface area is 255 Å². The van der Waals surface area contributed by atoms with Crippen molar-refractivity contribution >= 4 is 40.0 Å². The summed E-state index contributed by atoms with van der Waals surface area (Å²) in [5, 5.41) is 12.5. The number of nitro groups is 1. The van der Waals surface area contributed by atoms with Gasteiger partial charge in [0.1, 0.15) is 5.75 Å². The van der Waals surface area contributed by atoms with Gasteiger partial charge in [-0.25, -0.2) is 9.79 Å². The largest absolute Gasteiger partial charge is 0.497 e. The van der Waals surface area contributed by atoms with Crippen molar-refractivity contribution in [3.05, 3.63) is 137 Å². The fourth-order valence-electron chi connectivity index (χ4n) is 5.56. The first kappa shape index (κ1) is 28.8. The summed E-state index contributed by atoms with van der Waals surface area (Å²) in [4.78, 5) is 43.7. The molecule has 11 heteroatoms. The molecule has 0 saturated heterocycles.